The summed E-state index contributed by atoms with van der Waals surface area (Å²) < 4.78 is 45.8. The number of benzene rings is 1. The number of hydrogen-bond acceptors (Lipinski definition) is 4. The highest BCUT2D eigenvalue weighted by Crippen LogP contribution is 2.33. The number of carbonyl (C=O) groups excluding carboxylic acids is 1. The molecule has 0 spiro atoms. The number of rotatable bonds is 3. The van der Waals surface area contributed by atoms with Crippen molar-refractivity contribution in [1.82, 2.24) is 4.31 Å². The Kier molecular flexibility index (Phi) is 5.07. The predicted molar refractivity (Wildman–Crippen MR) is 104 cm³/mol. The van der Waals surface area contributed by atoms with Crippen LogP contribution in [0, 0.1) is 0 Å². The van der Waals surface area contributed by atoms with Crippen LogP contribution in [0.3, 0.4) is 0 Å². The predicted octanol–water partition coefficient (Wildman–Crippen LogP) is 3.63. The lowest BCUT2D eigenvalue weighted by Crippen LogP contribution is -2.50. The van der Waals surface area contributed by atoms with Crippen LogP contribution in [0.15, 0.2) is 59.3 Å². The van der Waals surface area contributed by atoms with Crippen LogP contribution in [-0.2, 0) is 21.4 Å². The minimum Gasteiger partial charge on any atom is -0.444 e. The molecule has 4 rings (SSSR count). The van der Waals surface area contributed by atoms with Gasteiger partial charge in [0.15, 0.2) is 0 Å². The molecule has 1 aromatic carbocycles. The lowest BCUT2D eigenvalue weighted by atomic mass is 10.0. The molecule has 6 nitrogen and oxygen atoms in total. The first kappa shape index (κ1) is 18.9. The quantitative estimate of drug-likeness (QED) is 0.772. The van der Waals surface area contributed by atoms with Gasteiger partial charge in [-0.05, 0) is 43.6 Å². The molecule has 0 aromatic heterocycles. The number of para-hydroxylation sites is 1. The number of piperidine rings is 1. The van der Waals surface area contributed by atoms with Gasteiger partial charge < -0.3 is 4.74 Å². The van der Waals surface area contributed by atoms with E-state index < -0.39 is 21.9 Å². The molecule has 0 radical (unpaired) electrons. The van der Waals surface area contributed by atoms with Crippen molar-refractivity contribution in [3.05, 3.63) is 64.9 Å². The number of nitrogens with zero attached hydrogens (tertiary/aromatic N) is 2. The summed E-state index contributed by atoms with van der Waals surface area (Å²) in [6, 6.07) is 7.46. The second-order valence-corrected chi connectivity index (χ2v) is 8.89. The summed E-state index contributed by atoms with van der Waals surface area (Å²) in [5.74, 6) is -0.442. The number of halogens is 1. The van der Waals surface area contributed by atoms with Gasteiger partial charge in [-0.15, -0.1) is 0 Å². The molecule has 8 heteroatoms. The average molecular weight is 404 g/mol. The van der Waals surface area contributed by atoms with Crippen molar-refractivity contribution in [3.8, 4) is 0 Å². The number of hydrogen-bond donors (Lipinski definition) is 0. The van der Waals surface area contributed by atoms with E-state index in [1.165, 1.54) is 28.6 Å². The standard InChI is InChI=1S/C20H21FN2O4S/c21-16-5-3-6-18(9-8-16)28(25,26)22-12-10-17(11-13-22)23-19-7-2-1-4-15(19)14-27-20(23)24/h1-2,4-9,17H,3,10-14H2. The van der Waals surface area contributed by atoms with Crippen LogP contribution >= 0.6 is 0 Å². The van der Waals surface area contributed by atoms with E-state index >= 15 is 0 Å². The Morgan fingerprint density at radius 2 is 1.82 bits per heavy atom. The molecule has 1 amide bonds. The van der Waals surface area contributed by atoms with E-state index in [-0.39, 0.29) is 24.0 Å². The molecule has 1 saturated heterocycles. The minimum atomic E-state index is -3.69. The van der Waals surface area contributed by atoms with Crippen molar-refractivity contribution >= 4 is 21.8 Å². The number of allylic oxidation sites excluding steroid dienone is 5. The summed E-state index contributed by atoms with van der Waals surface area (Å²) in [4.78, 5) is 14.1. The number of fused-ring (bicyclic) bond motifs is 1. The zero-order valence-corrected chi connectivity index (χ0v) is 16.1. The Balaban J connectivity index is 1.49. The third kappa shape index (κ3) is 3.49. The van der Waals surface area contributed by atoms with Crippen molar-refractivity contribution in [3.63, 3.8) is 0 Å². The van der Waals surface area contributed by atoms with Gasteiger partial charge in [-0.1, -0.05) is 24.3 Å². The van der Waals surface area contributed by atoms with Crippen molar-refractivity contribution in [2.24, 2.45) is 0 Å². The van der Waals surface area contributed by atoms with Crippen molar-refractivity contribution in [2.75, 3.05) is 18.0 Å². The molecule has 1 aromatic rings. The maximum Gasteiger partial charge on any atom is 0.414 e. The molecule has 2 heterocycles. The van der Waals surface area contributed by atoms with Gasteiger partial charge in [-0.25, -0.2) is 17.6 Å². The first-order valence-electron chi connectivity index (χ1n) is 9.25. The Morgan fingerprint density at radius 3 is 2.61 bits per heavy atom. The van der Waals surface area contributed by atoms with Crippen LogP contribution in [0.4, 0.5) is 14.9 Å². The van der Waals surface area contributed by atoms with E-state index in [2.05, 4.69) is 0 Å². The van der Waals surface area contributed by atoms with E-state index in [1.807, 2.05) is 24.3 Å². The molecule has 0 atom stereocenters. The summed E-state index contributed by atoms with van der Waals surface area (Å²) in [6.07, 6.45) is 6.19. The van der Waals surface area contributed by atoms with Crippen LogP contribution in [0.25, 0.3) is 0 Å². The number of carbonyl (C=O) groups is 1. The number of anilines is 1. The molecule has 0 saturated carbocycles. The van der Waals surface area contributed by atoms with Gasteiger partial charge in [0, 0.05) is 24.7 Å². The van der Waals surface area contributed by atoms with E-state index in [0.29, 0.717) is 25.9 Å². The SMILES string of the molecule is O=C1OCc2ccccc2N1C1CCN(S(=O)(=O)C2=CCC=C(F)C=C2)CC1. The van der Waals surface area contributed by atoms with Gasteiger partial charge in [-0.2, -0.15) is 4.31 Å². The molecular formula is C20H21FN2O4S. The van der Waals surface area contributed by atoms with Crippen LogP contribution in [0.5, 0.6) is 0 Å². The molecule has 0 bridgehead atoms. The van der Waals surface area contributed by atoms with Gasteiger partial charge in [-0.3, -0.25) is 4.90 Å². The van der Waals surface area contributed by atoms with Gasteiger partial charge in [0.05, 0.1) is 10.6 Å². The highest BCUT2D eigenvalue weighted by atomic mass is 32.2. The van der Waals surface area contributed by atoms with E-state index in [9.17, 15) is 17.6 Å². The molecule has 1 fully saturated rings. The molecule has 28 heavy (non-hydrogen) atoms. The van der Waals surface area contributed by atoms with Gasteiger partial charge in [0.1, 0.15) is 12.4 Å². The molecular weight excluding hydrogens is 383 g/mol. The maximum absolute atomic E-state index is 13.3. The third-order valence-corrected chi connectivity index (χ3v) is 7.21. The van der Waals surface area contributed by atoms with Crippen LogP contribution in [-0.4, -0.2) is 37.9 Å². The van der Waals surface area contributed by atoms with Crippen molar-refractivity contribution in [2.45, 2.75) is 31.9 Å². The Morgan fingerprint density at radius 1 is 1.07 bits per heavy atom. The summed E-state index contributed by atoms with van der Waals surface area (Å²) in [7, 11) is -3.69. The van der Waals surface area contributed by atoms with Gasteiger partial charge in [0.25, 0.3) is 0 Å². The lowest BCUT2D eigenvalue weighted by Gasteiger charge is -2.39. The smallest absolute Gasteiger partial charge is 0.414 e. The number of sulfonamides is 1. The van der Waals surface area contributed by atoms with Crippen LogP contribution < -0.4 is 4.90 Å². The molecule has 0 N–H and O–H groups in total. The highest BCUT2D eigenvalue weighted by Gasteiger charge is 2.37. The third-order valence-electron chi connectivity index (χ3n) is 5.26. The second kappa shape index (κ2) is 7.52. The highest BCUT2D eigenvalue weighted by molar-refractivity contribution is 7.93. The number of cyclic esters (lactones) is 1. The lowest BCUT2D eigenvalue weighted by molar-refractivity contribution is 0.136. The fourth-order valence-electron chi connectivity index (χ4n) is 3.79. The Labute approximate surface area is 163 Å². The molecule has 1 aliphatic carbocycles. The van der Waals surface area contributed by atoms with Gasteiger partial charge >= 0.3 is 6.09 Å². The average Bonchev–Trinajstić information content (AvgIpc) is 2.93. The Bertz CT molecular complexity index is 976. The zero-order chi connectivity index (χ0) is 19.7. The Hall–Kier alpha value is -2.45. The first-order valence-corrected chi connectivity index (χ1v) is 10.7. The summed E-state index contributed by atoms with van der Waals surface area (Å²) in [6.45, 7) is 0.837. The minimum absolute atomic E-state index is 0.109. The van der Waals surface area contributed by atoms with Gasteiger partial charge in [0.2, 0.25) is 10.0 Å². The maximum atomic E-state index is 13.3. The molecule has 2 aliphatic heterocycles. The van der Waals surface area contributed by atoms with E-state index in [1.54, 1.807) is 4.90 Å². The van der Waals surface area contributed by atoms with Crippen LogP contribution in [0.1, 0.15) is 24.8 Å². The summed E-state index contributed by atoms with van der Waals surface area (Å²) in [5.41, 5.74) is 1.77. The molecule has 148 valence electrons. The van der Waals surface area contributed by atoms with E-state index in [4.69, 9.17) is 4.74 Å². The number of amides is 1. The van der Waals surface area contributed by atoms with Crippen molar-refractivity contribution < 1.29 is 22.3 Å². The number of ether oxygens (including phenoxy) is 1. The topological polar surface area (TPSA) is 66.9 Å². The largest absolute Gasteiger partial charge is 0.444 e. The van der Waals surface area contributed by atoms with Crippen molar-refractivity contribution in [1.29, 1.82) is 0 Å². The summed E-state index contributed by atoms with van der Waals surface area (Å²) in [5, 5.41) is 0. The van der Waals surface area contributed by atoms with E-state index in [0.717, 1.165) is 11.3 Å². The fourth-order valence-corrected chi connectivity index (χ4v) is 5.32. The first-order chi connectivity index (χ1) is 13.5. The van der Waals surface area contributed by atoms with Crippen LogP contribution in [0.2, 0.25) is 0 Å². The summed E-state index contributed by atoms with van der Waals surface area (Å²) >= 11 is 0. The normalized spacial score (nSPS) is 21.5. The second-order valence-electron chi connectivity index (χ2n) is 6.95. The zero-order valence-electron chi connectivity index (χ0n) is 15.3. The monoisotopic (exact) mass is 404 g/mol. The molecule has 0 unspecified atom stereocenters. The fraction of sp³-hybridized carbons (Fsp3) is 0.350. The molecule has 3 aliphatic rings.